The molecule has 1 fully saturated rings. The molecule has 20 heavy (non-hydrogen) atoms. The van der Waals surface area contributed by atoms with Gasteiger partial charge in [0.05, 0.1) is 11.0 Å². The molecule has 0 bridgehead atoms. The van der Waals surface area contributed by atoms with Gasteiger partial charge in [-0.3, -0.25) is 10.1 Å². The molecule has 1 saturated heterocycles. The first kappa shape index (κ1) is 14.3. The Morgan fingerprint density at radius 2 is 2.35 bits per heavy atom. The van der Waals surface area contributed by atoms with Crippen LogP contribution in [0.25, 0.3) is 0 Å². The van der Waals surface area contributed by atoms with Crippen LogP contribution in [0.15, 0.2) is 18.2 Å². The molecule has 1 aliphatic heterocycles. The third-order valence-corrected chi connectivity index (χ3v) is 3.34. The van der Waals surface area contributed by atoms with Crippen molar-refractivity contribution in [1.82, 2.24) is 0 Å². The third kappa shape index (κ3) is 2.88. The Bertz CT molecular complexity index is 525. The van der Waals surface area contributed by atoms with Crippen LogP contribution in [0.3, 0.4) is 0 Å². The highest BCUT2D eigenvalue weighted by Crippen LogP contribution is 2.31. The van der Waals surface area contributed by atoms with Crippen molar-refractivity contribution in [2.45, 2.75) is 18.9 Å². The molecule has 1 aliphatic rings. The Balaban J connectivity index is 2.31. The lowest BCUT2D eigenvalue weighted by atomic mass is 10.1. The normalized spacial score (nSPS) is 17.9. The summed E-state index contributed by atoms with van der Waals surface area (Å²) in [5, 5.41) is 20.2. The Labute approximate surface area is 115 Å². The summed E-state index contributed by atoms with van der Waals surface area (Å²) in [6.45, 7) is 1.21. The highest BCUT2D eigenvalue weighted by molar-refractivity contribution is 5.95. The number of ether oxygens (including phenoxy) is 1. The number of nitro groups is 1. The molecule has 1 heterocycles. The van der Waals surface area contributed by atoms with Crippen molar-refractivity contribution in [3.63, 3.8) is 0 Å². The van der Waals surface area contributed by atoms with Gasteiger partial charge in [0.1, 0.15) is 11.3 Å². The van der Waals surface area contributed by atoms with Crippen molar-refractivity contribution in [3.8, 4) is 0 Å². The summed E-state index contributed by atoms with van der Waals surface area (Å²) in [6, 6.07) is 4.31. The maximum absolute atomic E-state index is 11.2. The lowest BCUT2D eigenvalue weighted by Gasteiger charge is -2.22. The number of anilines is 1. The summed E-state index contributed by atoms with van der Waals surface area (Å²) < 4.78 is 5.50. The van der Waals surface area contributed by atoms with E-state index in [0.717, 1.165) is 12.8 Å². The van der Waals surface area contributed by atoms with E-state index in [1.165, 1.54) is 12.1 Å². The number of carbonyl (C=O) groups is 1. The van der Waals surface area contributed by atoms with E-state index < -0.39 is 10.9 Å². The third-order valence-electron chi connectivity index (χ3n) is 3.34. The van der Waals surface area contributed by atoms with E-state index in [4.69, 9.17) is 9.84 Å². The van der Waals surface area contributed by atoms with E-state index in [1.807, 2.05) is 0 Å². The van der Waals surface area contributed by atoms with Gasteiger partial charge >= 0.3 is 11.7 Å². The predicted molar refractivity (Wildman–Crippen MR) is 72.3 cm³/mol. The van der Waals surface area contributed by atoms with Gasteiger partial charge in [-0.25, -0.2) is 4.79 Å². The fourth-order valence-corrected chi connectivity index (χ4v) is 2.40. The highest BCUT2D eigenvalue weighted by Gasteiger charge is 2.27. The first-order chi connectivity index (χ1) is 9.50. The molecule has 0 spiro atoms. The zero-order chi connectivity index (χ0) is 14.7. The number of hydrogen-bond acceptors (Lipinski definition) is 5. The molecule has 7 nitrogen and oxygen atoms in total. The Morgan fingerprint density at radius 3 is 2.90 bits per heavy atom. The largest absolute Gasteiger partial charge is 0.477 e. The second-order valence-corrected chi connectivity index (χ2v) is 4.75. The van der Waals surface area contributed by atoms with Crippen molar-refractivity contribution in [3.05, 3.63) is 33.9 Å². The predicted octanol–water partition coefficient (Wildman–Crippen LogP) is 1.91. The number of nitro benzene ring substituents is 1. The Hall–Kier alpha value is -2.15. The van der Waals surface area contributed by atoms with Gasteiger partial charge < -0.3 is 14.7 Å². The molecule has 1 aromatic carbocycles. The van der Waals surface area contributed by atoms with Gasteiger partial charge in [-0.2, -0.15) is 0 Å². The summed E-state index contributed by atoms with van der Waals surface area (Å²) >= 11 is 0. The van der Waals surface area contributed by atoms with Crippen LogP contribution in [-0.4, -0.2) is 42.3 Å². The number of benzene rings is 1. The van der Waals surface area contributed by atoms with Gasteiger partial charge in [-0.05, 0) is 25.0 Å². The highest BCUT2D eigenvalue weighted by atomic mass is 16.6. The van der Waals surface area contributed by atoms with Crippen molar-refractivity contribution in [2.75, 3.05) is 25.1 Å². The molecular weight excluding hydrogens is 264 g/mol. The first-order valence-corrected chi connectivity index (χ1v) is 6.34. The monoisotopic (exact) mass is 280 g/mol. The lowest BCUT2D eigenvalue weighted by molar-refractivity contribution is -0.384. The van der Waals surface area contributed by atoms with Crippen LogP contribution in [-0.2, 0) is 4.74 Å². The van der Waals surface area contributed by atoms with Gasteiger partial charge in [0, 0.05) is 20.2 Å². The van der Waals surface area contributed by atoms with Crippen LogP contribution < -0.4 is 4.90 Å². The molecule has 1 N–H and O–H groups in total. The average molecular weight is 280 g/mol. The molecule has 0 radical (unpaired) electrons. The topological polar surface area (TPSA) is 92.9 Å². The van der Waals surface area contributed by atoms with Crippen LogP contribution >= 0.6 is 0 Å². The number of carboxylic acids is 1. The molecule has 1 unspecified atom stereocenters. The summed E-state index contributed by atoms with van der Waals surface area (Å²) in [5.74, 6) is -1.30. The molecule has 108 valence electrons. The van der Waals surface area contributed by atoms with Gasteiger partial charge in [-0.1, -0.05) is 6.07 Å². The van der Waals surface area contributed by atoms with Crippen LogP contribution in [0.4, 0.5) is 11.4 Å². The summed E-state index contributed by atoms with van der Waals surface area (Å²) in [6.07, 6.45) is 1.93. The smallest absolute Gasteiger partial charge is 0.342 e. The molecule has 0 saturated carbocycles. The van der Waals surface area contributed by atoms with Crippen LogP contribution in [0.2, 0.25) is 0 Å². The van der Waals surface area contributed by atoms with E-state index in [-0.39, 0.29) is 17.4 Å². The van der Waals surface area contributed by atoms with Crippen molar-refractivity contribution >= 4 is 17.3 Å². The molecule has 0 amide bonds. The zero-order valence-electron chi connectivity index (χ0n) is 11.1. The second-order valence-electron chi connectivity index (χ2n) is 4.75. The van der Waals surface area contributed by atoms with E-state index in [1.54, 1.807) is 18.0 Å². The Morgan fingerprint density at radius 1 is 1.60 bits per heavy atom. The van der Waals surface area contributed by atoms with Crippen LogP contribution in [0.1, 0.15) is 23.2 Å². The van der Waals surface area contributed by atoms with Crippen molar-refractivity contribution in [2.24, 2.45) is 0 Å². The second kappa shape index (κ2) is 5.87. The number of para-hydroxylation sites is 1. The number of nitrogens with zero attached hydrogens (tertiary/aromatic N) is 2. The van der Waals surface area contributed by atoms with Gasteiger partial charge in [0.2, 0.25) is 0 Å². The summed E-state index contributed by atoms with van der Waals surface area (Å²) in [5.41, 5.74) is -0.377. The number of aromatic carboxylic acids is 1. The fraction of sp³-hybridized carbons (Fsp3) is 0.462. The summed E-state index contributed by atoms with van der Waals surface area (Å²) in [4.78, 5) is 23.3. The molecule has 1 aromatic rings. The number of hydrogen-bond donors (Lipinski definition) is 1. The van der Waals surface area contributed by atoms with E-state index >= 15 is 0 Å². The summed E-state index contributed by atoms with van der Waals surface area (Å²) in [7, 11) is 1.70. The minimum Gasteiger partial charge on any atom is -0.477 e. The fourth-order valence-electron chi connectivity index (χ4n) is 2.40. The van der Waals surface area contributed by atoms with Crippen molar-refractivity contribution in [1.29, 1.82) is 0 Å². The SMILES string of the molecule is CN(CC1CCCO1)c1cccc(C(=O)O)c1[N+](=O)[O-]. The molecule has 0 aliphatic carbocycles. The minimum absolute atomic E-state index is 0.0353. The quantitative estimate of drug-likeness (QED) is 0.654. The van der Waals surface area contributed by atoms with E-state index in [9.17, 15) is 14.9 Å². The van der Waals surface area contributed by atoms with E-state index in [0.29, 0.717) is 18.8 Å². The molecule has 2 rings (SSSR count). The van der Waals surface area contributed by atoms with Crippen molar-refractivity contribution < 1.29 is 19.6 Å². The maximum Gasteiger partial charge on any atom is 0.342 e. The molecule has 0 aromatic heterocycles. The molecule has 1 atom stereocenters. The van der Waals surface area contributed by atoms with Gasteiger partial charge in [-0.15, -0.1) is 0 Å². The van der Waals surface area contributed by atoms with Gasteiger partial charge in [0.25, 0.3) is 0 Å². The standard InChI is InChI=1S/C13H16N2O5/c1-14(8-9-4-3-7-20-9)11-6-2-5-10(13(16)17)12(11)15(18)19/h2,5-6,9H,3-4,7-8H2,1H3,(H,16,17). The first-order valence-electron chi connectivity index (χ1n) is 6.34. The average Bonchev–Trinajstić information content (AvgIpc) is 2.90. The lowest BCUT2D eigenvalue weighted by Crippen LogP contribution is -2.29. The van der Waals surface area contributed by atoms with E-state index in [2.05, 4.69) is 0 Å². The molecule has 7 heteroatoms. The molecular formula is C13H16N2O5. The van der Waals surface area contributed by atoms with Crippen LogP contribution in [0.5, 0.6) is 0 Å². The number of likely N-dealkylation sites (N-methyl/N-ethyl adjacent to an activating group) is 1. The number of rotatable bonds is 5. The Kier molecular flexibility index (Phi) is 4.19. The van der Waals surface area contributed by atoms with Gasteiger partial charge in [0.15, 0.2) is 0 Å². The zero-order valence-corrected chi connectivity index (χ0v) is 11.1. The minimum atomic E-state index is -1.30. The number of carboxylic acid groups (broad SMARTS) is 1. The maximum atomic E-state index is 11.2. The van der Waals surface area contributed by atoms with Crippen LogP contribution in [0, 0.1) is 10.1 Å².